The van der Waals surface area contributed by atoms with Gasteiger partial charge in [-0.1, -0.05) is 11.6 Å². The summed E-state index contributed by atoms with van der Waals surface area (Å²) in [6.07, 6.45) is -5.00. The van der Waals surface area contributed by atoms with Gasteiger partial charge in [0.1, 0.15) is 5.75 Å². The second kappa shape index (κ2) is 4.62. The van der Waals surface area contributed by atoms with Gasteiger partial charge in [0.2, 0.25) is 0 Å². The van der Waals surface area contributed by atoms with Crippen molar-refractivity contribution in [1.29, 1.82) is 5.26 Å². The molecule has 0 bridgehead atoms. The van der Waals surface area contributed by atoms with E-state index in [9.17, 15) is 13.2 Å². The number of methoxy groups -OCH3 is 1. The lowest BCUT2D eigenvalue weighted by molar-refractivity contribution is -0.138. The normalized spacial score (nSPS) is 11.0. The van der Waals surface area contributed by atoms with Gasteiger partial charge >= 0.3 is 6.18 Å². The molecule has 16 heavy (non-hydrogen) atoms. The number of ether oxygens (including phenoxy) is 1. The maximum atomic E-state index is 12.7. The second-order valence-corrected chi connectivity index (χ2v) is 3.34. The van der Waals surface area contributed by atoms with Crippen LogP contribution < -0.4 is 4.74 Å². The Kier molecular flexibility index (Phi) is 3.66. The summed E-state index contributed by atoms with van der Waals surface area (Å²) in [6.45, 7) is 0. The molecule has 2 nitrogen and oxygen atoms in total. The molecule has 1 rings (SSSR count). The van der Waals surface area contributed by atoms with Crippen molar-refractivity contribution >= 4 is 11.6 Å². The van der Waals surface area contributed by atoms with E-state index < -0.39 is 23.2 Å². The highest BCUT2D eigenvalue weighted by atomic mass is 35.5. The van der Waals surface area contributed by atoms with Gasteiger partial charge in [0.05, 0.1) is 30.2 Å². The van der Waals surface area contributed by atoms with Crippen LogP contribution in [0.25, 0.3) is 0 Å². The minimum Gasteiger partial charge on any atom is -0.496 e. The van der Waals surface area contributed by atoms with Gasteiger partial charge in [-0.25, -0.2) is 0 Å². The van der Waals surface area contributed by atoms with E-state index in [0.717, 1.165) is 6.07 Å². The fraction of sp³-hybridized carbons (Fsp3) is 0.300. The summed E-state index contributed by atoms with van der Waals surface area (Å²) in [4.78, 5) is 0. The van der Waals surface area contributed by atoms with Gasteiger partial charge in [-0.15, -0.1) is 0 Å². The van der Waals surface area contributed by atoms with E-state index in [1.54, 1.807) is 6.07 Å². The third kappa shape index (κ3) is 2.39. The molecular formula is C10H7ClF3NO. The van der Waals surface area contributed by atoms with Crippen molar-refractivity contribution in [3.05, 3.63) is 28.3 Å². The molecule has 0 atom stereocenters. The van der Waals surface area contributed by atoms with Gasteiger partial charge in [0, 0.05) is 5.56 Å². The van der Waals surface area contributed by atoms with Crippen molar-refractivity contribution in [3.63, 3.8) is 0 Å². The molecule has 0 aliphatic carbocycles. The first-order valence-electron chi connectivity index (χ1n) is 4.21. The first kappa shape index (κ1) is 12.7. The minimum atomic E-state index is -4.60. The lowest BCUT2D eigenvalue weighted by Gasteiger charge is -2.15. The first-order chi connectivity index (χ1) is 7.41. The van der Waals surface area contributed by atoms with Crippen LogP contribution in [0.3, 0.4) is 0 Å². The van der Waals surface area contributed by atoms with Crippen LogP contribution in [-0.4, -0.2) is 7.11 Å². The zero-order valence-corrected chi connectivity index (χ0v) is 8.99. The highest BCUT2D eigenvalue weighted by Gasteiger charge is 2.37. The summed E-state index contributed by atoms with van der Waals surface area (Å²) < 4.78 is 42.9. The summed E-state index contributed by atoms with van der Waals surface area (Å²) in [7, 11) is 1.24. The van der Waals surface area contributed by atoms with Crippen molar-refractivity contribution in [2.24, 2.45) is 0 Å². The summed E-state index contributed by atoms with van der Waals surface area (Å²) in [5, 5.41) is 8.07. The number of rotatable bonds is 2. The Bertz CT molecular complexity index is 437. The van der Waals surface area contributed by atoms with Crippen molar-refractivity contribution in [3.8, 4) is 11.8 Å². The quantitative estimate of drug-likeness (QED) is 0.804. The van der Waals surface area contributed by atoms with Crippen LogP contribution in [-0.2, 0) is 12.6 Å². The van der Waals surface area contributed by atoms with Gasteiger partial charge < -0.3 is 4.74 Å². The van der Waals surface area contributed by atoms with Crippen LogP contribution in [0.5, 0.6) is 5.75 Å². The highest BCUT2D eigenvalue weighted by Crippen LogP contribution is 2.40. The third-order valence-corrected chi connectivity index (χ3v) is 2.29. The predicted molar refractivity (Wildman–Crippen MR) is 52.3 cm³/mol. The first-order valence-corrected chi connectivity index (χ1v) is 4.59. The summed E-state index contributed by atoms with van der Waals surface area (Å²) >= 11 is 5.49. The number of hydrogen-bond donors (Lipinski definition) is 0. The molecule has 0 N–H and O–H groups in total. The Balaban J connectivity index is 3.49. The van der Waals surface area contributed by atoms with Crippen LogP contribution in [0, 0.1) is 11.3 Å². The molecule has 0 radical (unpaired) electrons. The Morgan fingerprint density at radius 3 is 2.50 bits per heavy atom. The molecule has 0 aromatic heterocycles. The fourth-order valence-electron chi connectivity index (χ4n) is 1.35. The molecular weight excluding hydrogens is 243 g/mol. The molecule has 0 unspecified atom stereocenters. The number of hydrogen-bond acceptors (Lipinski definition) is 2. The van der Waals surface area contributed by atoms with E-state index in [0.29, 0.717) is 0 Å². The van der Waals surface area contributed by atoms with Crippen LogP contribution >= 0.6 is 11.6 Å². The van der Waals surface area contributed by atoms with E-state index in [4.69, 9.17) is 21.6 Å². The maximum Gasteiger partial charge on any atom is 0.418 e. The number of nitriles is 1. The number of nitrogens with zero attached hydrogens (tertiary/aromatic N) is 1. The SMILES string of the molecule is COc1ccc(Cl)c(C(F)(F)F)c1CC#N. The zero-order chi connectivity index (χ0) is 12.3. The van der Waals surface area contributed by atoms with Crippen LogP contribution in [0.15, 0.2) is 12.1 Å². The molecule has 6 heteroatoms. The third-order valence-electron chi connectivity index (χ3n) is 1.98. The largest absolute Gasteiger partial charge is 0.496 e. The molecule has 86 valence electrons. The Morgan fingerprint density at radius 2 is 2.06 bits per heavy atom. The van der Waals surface area contributed by atoms with Gasteiger partial charge in [0.15, 0.2) is 0 Å². The molecule has 0 saturated carbocycles. The average molecular weight is 250 g/mol. The van der Waals surface area contributed by atoms with Crippen molar-refractivity contribution in [2.45, 2.75) is 12.6 Å². The molecule has 1 aromatic rings. The van der Waals surface area contributed by atoms with E-state index in [1.165, 1.54) is 13.2 Å². The molecule has 0 heterocycles. The zero-order valence-electron chi connectivity index (χ0n) is 8.23. The molecule has 0 aliphatic heterocycles. The predicted octanol–water partition coefficient (Wildman–Crippen LogP) is 3.43. The molecule has 0 aliphatic rings. The second-order valence-electron chi connectivity index (χ2n) is 2.94. The van der Waals surface area contributed by atoms with Gasteiger partial charge in [-0.3, -0.25) is 0 Å². The Labute approximate surface area is 95.2 Å². The van der Waals surface area contributed by atoms with Gasteiger partial charge in [0.25, 0.3) is 0 Å². The molecule has 0 spiro atoms. The maximum absolute atomic E-state index is 12.7. The Morgan fingerprint density at radius 1 is 1.44 bits per heavy atom. The van der Waals surface area contributed by atoms with E-state index in [-0.39, 0.29) is 11.3 Å². The van der Waals surface area contributed by atoms with Crippen molar-refractivity contribution < 1.29 is 17.9 Å². The smallest absolute Gasteiger partial charge is 0.418 e. The van der Waals surface area contributed by atoms with Crippen molar-refractivity contribution in [2.75, 3.05) is 7.11 Å². The fourth-order valence-corrected chi connectivity index (χ4v) is 1.64. The monoisotopic (exact) mass is 249 g/mol. The van der Waals surface area contributed by atoms with E-state index in [1.807, 2.05) is 0 Å². The molecule has 1 aromatic carbocycles. The van der Waals surface area contributed by atoms with Crippen LogP contribution in [0.4, 0.5) is 13.2 Å². The molecule has 0 saturated heterocycles. The van der Waals surface area contributed by atoms with Gasteiger partial charge in [-0.2, -0.15) is 18.4 Å². The average Bonchev–Trinajstić information content (AvgIpc) is 2.16. The summed E-state index contributed by atoms with van der Waals surface area (Å²) in [5.41, 5.74) is -1.24. The topological polar surface area (TPSA) is 33.0 Å². The van der Waals surface area contributed by atoms with E-state index >= 15 is 0 Å². The number of halogens is 4. The standard InChI is InChI=1S/C10H7ClF3NO/c1-16-8-3-2-7(11)9(10(12,13)14)6(8)4-5-15/h2-3H,4H2,1H3. The number of benzene rings is 1. The Hall–Kier alpha value is -1.41. The van der Waals surface area contributed by atoms with Crippen LogP contribution in [0.2, 0.25) is 5.02 Å². The highest BCUT2D eigenvalue weighted by molar-refractivity contribution is 6.31. The van der Waals surface area contributed by atoms with Gasteiger partial charge in [-0.05, 0) is 12.1 Å². The van der Waals surface area contributed by atoms with Crippen molar-refractivity contribution in [1.82, 2.24) is 0 Å². The molecule has 0 fully saturated rings. The summed E-state index contributed by atoms with van der Waals surface area (Å²) in [6, 6.07) is 4.07. The lowest BCUT2D eigenvalue weighted by atomic mass is 10.0. The lowest BCUT2D eigenvalue weighted by Crippen LogP contribution is -2.11. The minimum absolute atomic E-state index is 0.0123. The van der Waals surface area contributed by atoms with E-state index in [2.05, 4.69) is 0 Å². The number of alkyl halides is 3. The molecule has 0 amide bonds. The summed E-state index contributed by atoms with van der Waals surface area (Å²) in [5.74, 6) is 0.0123. The van der Waals surface area contributed by atoms with Crippen LogP contribution in [0.1, 0.15) is 11.1 Å².